The molecule has 0 aliphatic rings. The van der Waals surface area contributed by atoms with Gasteiger partial charge < -0.3 is 10.8 Å². The lowest BCUT2D eigenvalue weighted by molar-refractivity contribution is -0.0984. The molecule has 2 atom stereocenters. The summed E-state index contributed by atoms with van der Waals surface area (Å²) in [5.41, 5.74) is 10.5. The Balaban J connectivity index is 1.63. The molecular formula is C24H27N3O3. The van der Waals surface area contributed by atoms with E-state index in [9.17, 15) is 15.1 Å². The molecule has 3 aromatic rings. The Hall–Kier alpha value is -3.22. The molecule has 0 spiro atoms. The molecule has 156 valence electrons. The summed E-state index contributed by atoms with van der Waals surface area (Å²) in [6, 6.07) is 21.1. The first-order valence-electron chi connectivity index (χ1n) is 10.0. The van der Waals surface area contributed by atoms with Crippen LogP contribution in [0.15, 0.2) is 79.1 Å². The predicted molar refractivity (Wildman–Crippen MR) is 116 cm³/mol. The molecule has 0 fully saturated rings. The third-order valence-corrected chi connectivity index (χ3v) is 5.19. The van der Waals surface area contributed by atoms with E-state index in [4.69, 9.17) is 5.73 Å². The Morgan fingerprint density at radius 3 is 2.10 bits per heavy atom. The zero-order valence-corrected chi connectivity index (χ0v) is 16.8. The van der Waals surface area contributed by atoms with Crippen molar-refractivity contribution in [3.05, 3.63) is 90.3 Å². The number of nitrogens with zero attached hydrogens (tertiary/aromatic N) is 2. The second-order valence-electron chi connectivity index (χ2n) is 7.45. The third kappa shape index (κ3) is 6.14. The van der Waals surface area contributed by atoms with E-state index in [1.807, 2.05) is 66.7 Å². The van der Waals surface area contributed by atoms with E-state index in [0.717, 1.165) is 22.3 Å². The lowest BCUT2D eigenvalue weighted by atomic mass is 9.95. The van der Waals surface area contributed by atoms with Crippen molar-refractivity contribution >= 4 is 6.09 Å². The summed E-state index contributed by atoms with van der Waals surface area (Å²) < 4.78 is 0. The number of benzene rings is 2. The molecule has 0 saturated carbocycles. The minimum Gasteiger partial charge on any atom is -0.463 e. The molecule has 1 aromatic heterocycles. The maximum Gasteiger partial charge on any atom is 0.431 e. The van der Waals surface area contributed by atoms with E-state index in [1.54, 1.807) is 12.4 Å². The van der Waals surface area contributed by atoms with Gasteiger partial charge in [-0.25, -0.2) is 4.79 Å². The quantitative estimate of drug-likeness (QED) is 0.362. The molecular weight excluding hydrogens is 378 g/mol. The molecule has 3 rings (SSSR count). The van der Waals surface area contributed by atoms with E-state index in [1.165, 1.54) is 0 Å². The van der Waals surface area contributed by atoms with E-state index >= 15 is 0 Å². The predicted octanol–water partition coefficient (Wildman–Crippen LogP) is 4.38. The van der Waals surface area contributed by atoms with Crippen LogP contribution in [0.5, 0.6) is 0 Å². The number of hydrogen-bond donors (Lipinski definition) is 3. The second-order valence-corrected chi connectivity index (χ2v) is 7.45. The molecule has 0 bridgehead atoms. The minimum atomic E-state index is -1.36. The van der Waals surface area contributed by atoms with Crippen molar-refractivity contribution in [3.63, 3.8) is 0 Å². The summed E-state index contributed by atoms with van der Waals surface area (Å²) in [5.74, 6) is 0. The fraction of sp³-hybridized carbons (Fsp3) is 0.250. The first-order valence-corrected chi connectivity index (χ1v) is 10.0. The number of hydroxylamine groups is 2. The summed E-state index contributed by atoms with van der Waals surface area (Å²) in [4.78, 5) is 15.4. The maximum atomic E-state index is 11.3. The molecule has 6 heteroatoms. The standard InChI is InChI=1S/C24H27N3O3/c25-22(16-18-4-2-1-3-5-18)10-11-23(27(30)24(28)29)17-19-6-8-20(9-7-19)21-12-14-26-15-13-21/h1-9,12-15,22-23,30H,10-11,16-17,25H2,(H,28,29)/t22-,23?/m0/s1. The summed E-state index contributed by atoms with van der Waals surface area (Å²) >= 11 is 0. The van der Waals surface area contributed by atoms with E-state index in [2.05, 4.69) is 4.98 Å². The fourth-order valence-electron chi connectivity index (χ4n) is 3.54. The molecule has 6 nitrogen and oxygen atoms in total. The third-order valence-electron chi connectivity index (χ3n) is 5.19. The Bertz CT molecular complexity index is 917. The first kappa shape index (κ1) is 21.5. The summed E-state index contributed by atoms with van der Waals surface area (Å²) in [7, 11) is 0. The fourth-order valence-corrected chi connectivity index (χ4v) is 3.54. The molecule has 0 aliphatic carbocycles. The Kier molecular flexibility index (Phi) is 7.54. The highest BCUT2D eigenvalue weighted by Gasteiger charge is 2.23. The largest absolute Gasteiger partial charge is 0.463 e. The van der Waals surface area contributed by atoms with Crippen molar-refractivity contribution < 1.29 is 15.1 Å². The molecule has 2 aromatic carbocycles. The van der Waals surface area contributed by atoms with Gasteiger partial charge in [-0.1, -0.05) is 54.6 Å². The lowest BCUT2D eigenvalue weighted by Gasteiger charge is -2.25. The van der Waals surface area contributed by atoms with Crippen molar-refractivity contribution in [1.29, 1.82) is 0 Å². The van der Waals surface area contributed by atoms with Crippen molar-refractivity contribution in [1.82, 2.24) is 10.0 Å². The van der Waals surface area contributed by atoms with Crippen LogP contribution in [0.2, 0.25) is 0 Å². The number of hydrogen-bond acceptors (Lipinski definition) is 4. The van der Waals surface area contributed by atoms with Gasteiger partial charge in [-0.05, 0) is 60.1 Å². The molecule has 1 unspecified atom stereocenters. The number of aromatic nitrogens is 1. The number of amides is 1. The highest BCUT2D eigenvalue weighted by molar-refractivity contribution is 5.64. The van der Waals surface area contributed by atoms with Crippen LogP contribution >= 0.6 is 0 Å². The Morgan fingerprint density at radius 1 is 0.867 bits per heavy atom. The normalized spacial score (nSPS) is 12.9. The van der Waals surface area contributed by atoms with Crippen molar-refractivity contribution in [3.8, 4) is 11.1 Å². The minimum absolute atomic E-state index is 0.105. The van der Waals surface area contributed by atoms with Gasteiger partial charge in [0, 0.05) is 18.4 Å². The van der Waals surface area contributed by atoms with Gasteiger partial charge in [0.2, 0.25) is 0 Å². The molecule has 1 heterocycles. The number of rotatable bonds is 9. The molecule has 0 aliphatic heterocycles. The SMILES string of the molecule is N[C@@H](CCC(Cc1ccc(-c2ccncc2)cc1)N(O)C(=O)O)Cc1ccccc1. The average molecular weight is 405 g/mol. The monoisotopic (exact) mass is 405 g/mol. The maximum absolute atomic E-state index is 11.3. The van der Waals surface area contributed by atoms with Gasteiger partial charge in [0.05, 0.1) is 6.04 Å². The molecule has 30 heavy (non-hydrogen) atoms. The van der Waals surface area contributed by atoms with Gasteiger partial charge in [-0.15, -0.1) is 0 Å². The van der Waals surface area contributed by atoms with Crippen LogP contribution in [-0.4, -0.2) is 38.5 Å². The van der Waals surface area contributed by atoms with E-state index in [0.29, 0.717) is 30.7 Å². The molecule has 0 saturated heterocycles. The topological polar surface area (TPSA) is 99.7 Å². The van der Waals surface area contributed by atoms with Crippen LogP contribution in [0.4, 0.5) is 4.79 Å². The van der Waals surface area contributed by atoms with E-state index < -0.39 is 12.1 Å². The number of nitrogens with two attached hydrogens (primary N) is 1. The smallest absolute Gasteiger partial charge is 0.431 e. The Morgan fingerprint density at radius 2 is 1.47 bits per heavy atom. The van der Waals surface area contributed by atoms with Crippen LogP contribution in [0.1, 0.15) is 24.0 Å². The summed E-state index contributed by atoms with van der Waals surface area (Å²) in [6.45, 7) is 0. The van der Waals surface area contributed by atoms with Gasteiger partial charge in [0.15, 0.2) is 0 Å². The zero-order valence-electron chi connectivity index (χ0n) is 16.8. The highest BCUT2D eigenvalue weighted by atomic mass is 16.6. The van der Waals surface area contributed by atoms with Crippen LogP contribution in [0.3, 0.4) is 0 Å². The van der Waals surface area contributed by atoms with Gasteiger partial charge in [-0.3, -0.25) is 10.2 Å². The highest BCUT2D eigenvalue weighted by Crippen LogP contribution is 2.21. The van der Waals surface area contributed by atoms with Gasteiger partial charge in [0.1, 0.15) is 0 Å². The average Bonchev–Trinajstić information content (AvgIpc) is 2.78. The van der Waals surface area contributed by atoms with Crippen LogP contribution in [0, 0.1) is 0 Å². The van der Waals surface area contributed by atoms with Crippen LogP contribution in [0.25, 0.3) is 11.1 Å². The summed E-state index contributed by atoms with van der Waals surface area (Å²) in [6.07, 6.45) is 4.35. The summed E-state index contributed by atoms with van der Waals surface area (Å²) in [5, 5.41) is 19.7. The molecule has 4 N–H and O–H groups in total. The molecule has 0 radical (unpaired) electrons. The first-order chi connectivity index (χ1) is 14.5. The van der Waals surface area contributed by atoms with Crippen molar-refractivity contribution in [2.24, 2.45) is 5.73 Å². The van der Waals surface area contributed by atoms with Gasteiger partial charge >= 0.3 is 6.09 Å². The van der Waals surface area contributed by atoms with Crippen LogP contribution in [-0.2, 0) is 12.8 Å². The van der Waals surface area contributed by atoms with Crippen LogP contribution < -0.4 is 5.73 Å². The van der Waals surface area contributed by atoms with Gasteiger partial charge in [-0.2, -0.15) is 5.06 Å². The number of carboxylic acid groups (broad SMARTS) is 1. The van der Waals surface area contributed by atoms with Gasteiger partial charge in [0.25, 0.3) is 0 Å². The van der Waals surface area contributed by atoms with Crippen molar-refractivity contribution in [2.75, 3.05) is 0 Å². The molecule has 1 amide bonds. The van der Waals surface area contributed by atoms with E-state index in [-0.39, 0.29) is 6.04 Å². The lowest BCUT2D eigenvalue weighted by Crippen LogP contribution is -2.39. The Labute approximate surface area is 176 Å². The number of pyridine rings is 1. The van der Waals surface area contributed by atoms with Crippen molar-refractivity contribution in [2.45, 2.75) is 37.8 Å². The second kappa shape index (κ2) is 10.5. The zero-order chi connectivity index (χ0) is 21.3. The number of carbonyl (C=O) groups is 1.